The summed E-state index contributed by atoms with van der Waals surface area (Å²) < 4.78 is 0.734. The Hall–Kier alpha value is -0.940. The van der Waals surface area contributed by atoms with Gasteiger partial charge in [0.25, 0.3) is 5.91 Å². The fourth-order valence-electron chi connectivity index (χ4n) is 2.08. The zero-order valence-electron chi connectivity index (χ0n) is 9.82. The molecule has 0 radical (unpaired) electrons. The van der Waals surface area contributed by atoms with Crippen LogP contribution in [0.5, 0.6) is 0 Å². The minimum Gasteiger partial charge on any atom is -0.349 e. The SMILES string of the molecule is CN1CCCC1CNC(=O)c1ncccc1Br. The van der Waals surface area contributed by atoms with E-state index in [1.54, 1.807) is 12.3 Å². The summed E-state index contributed by atoms with van der Waals surface area (Å²) in [6.07, 6.45) is 3.99. The Balaban J connectivity index is 1.91. The number of rotatable bonds is 3. The molecular formula is C12H16BrN3O. The number of likely N-dealkylation sites (tertiary alicyclic amines) is 1. The van der Waals surface area contributed by atoms with Crippen LogP contribution in [0.1, 0.15) is 23.3 Å². The van der Waals surface area contributed by atoms with Crippen LogP contribution in [0, 0.1) is 0 Å². The molecule has 5 heteroatoms. The largest absolute Gasteiger partial charge is 0.349 e. The van der Waals surface area contributed by atoms with Crippen molar-refractivity contribution in [3.8, 4) is 0 Å². The molecule has 17 heavy (non-hydrogen) atoms. The van der Waals surface area contributed by atoms with Gasteiger partial charge < -0.3 is 10.2 Å². The van der Waals surface area contributed by atoms with E-state index in [0.717, 1.165) is 17.4 Å². The molecule has 0 bridgehead atoms. The standard InChI is InChI=1S/C12H16BrN3O/c1-16-7-3-4-9(16)8-15-12(17)11-10(13)5-2-6-14-11/h2,5-6,9H,3-4,7-8H2,1H3,(H,15,17). The van der Waals surface area contributed by atoms with Crippen molar-refractivity contribution < 1.29 is 4.79 Å². The molecule has 1 aromatic heterocycles. The summed E-state index contributed by atoms with van der Waals surface area (Å²) in [6.45, 7) is 1.81. The number of nitrogens with one attached hydrogen (secondary N) is 1. The summed E-state index contributed by atoms with van der Waals surface area (Å²) in [4.78, 5) is 18.3. The number of nitrogens with zero attached hydrogens (tertiary/aromatic N) is 2. The maximum atomic E-state index is 11.9. The van der Waals surface area contributed by atoms with Crippen LogP contribution in [0.25, 0.3) is 0 Å². The lowest BCUT2D eigenvalue weighted by molar-refractivity contribution is 0.0938. The van der Waals surface area contributed by atoms with Crippen molar-refractivity contribution in [3.63, 3.8) is 0 Å². The molecule has 0 spiro atoms. The van der Waals surface area contributed by atoms with Crippen LogP contribution in [0.2, 0.25) is 0 Å². The first-order valence-corrected chi connectivity index (χ1v) is 6.56. The van der Waals surface area contributed by atoms with Crippen LogP contribution in [0.3, 0.4) is 0 Å². The lowest BCUT2D eigenvalue weighted by Gasteiger charge is -2.19. The number of hydrogen-bond donors (Lipinski definition) is 1. The first-order valence-electron chi connectivity index (χ1n) is 5.77. The highest BCUT2D eigenvalue weighted by atomic mass is 79.9. The van der Waals surface area contributed by atoms with E-state index in [1.165, 1.54) is 6.42 Å². The molecule has 2 heterocycles. The third-order valence-corrected chi connectivity index (χ3v) is 3.78. The summed E-state index contributed by atoms with van der Waals surface area (Å²) >= 11 is 3.33. The summed E-state index contributed by atoms with van der Waals surface area (Å²) in [6, 6.07) is 4.08. The van der Waals surface area contributed by atoms with Crippen molar-refractivity contribution in [2.45, 2.75) is 18.9 Å². The maximum Gasteiger partial charge on any atom is 0.271 e. The highest BCUT2D eigenvalue weighted by molar-refractivity contribution is 9.10. The highest BCUT2D eigenvalue weighted by Gasteiger charge is 2.21. The van der Waals surface area contributed by atoms with E-state index in [-0.39, 0.29) is 5.91 Å². The lowest BCUT2D eigenvalue weighted by atomic mass is 10.2. The van der Waals surface area contributed by atoms with E-state index >= 15 is 0 Å². The van der Waals surface area contributed by atoms with Gasteiger partial charge >= 0.3 is 0 Å². The van der Waals surface area contributed by atoms with E-state index in [4.69, 9.17) is 0 Å². The molecule has 1 atom stereocenters. The van der Waals surface area contributed by atoms with Crippen LogP contribution in [0.4, 0.5) is 0 Å². The Morgan fingerprint density at radius 1 is 1.71 bits per heavy atom. The summed E-state index contributed by atoms with van der Waals surface area (Å²) in [5.74, 6) is -0.113. The van der Waals surface area contributed by atoms with Crippen molar-refractivity contribution in [1.29, 1.82) is 0 Å². The van der Waals surface area contributed by atoms with Gasteiger partial charge in [-0.05, 0) is 54.5 Å². The molecule has 1 aliphatic rings. The van der Waals surface area contributed by atoms with Crippen molar-refractivity contribution in [3.05, 3.63) is 28.5 Å². The maximum absolute atomic E-state index is 11.9. The average Bonchev–Trinajstić information content (AvgIpc) is 2.72. The first-order chi connectivity index (χ1) is 8.18. The number of likely N-dealkylation sites (N-methyl/N-ethyl adjacent to an activating group) is 1. The van der Waals surface area contributed by atoms with Gasteiger partial charge in [-0.15, -0.1) is 0 Å². The van der Waals surface area contributed by atoms with Gasteiger partial charge in [0.15, 0.2) is 0 Å². The predicted molar refractivity (Wildman–Crippen MR) is 69.9 cm³/mol. The molecule has 1 unspecified atom stereocenters. The van der Waals surface area contributed by atoms with Crippen LogP contribution in [0.15, 0.2) is 22.8 Å². The third kappa shape index (κ3) is 3.04. The predicted octanol–water partition coefficient (Wildman–Crippen LogP) is 1.67. The first kappa shape index (κ1) is 12.5. The Morgan fingerprint density at radius 3 is 3.18 bits per heavy atom. The number of carbonyl (C=O) groups excluding carboxylic acids is 1. The van der Waals surface area contributed by atoms with Crippen molar-refractivity contribution >= 4 is 21.8 Å². The smallest absolute Gasteiger partial charge is 0.271 e. The number of carbonyl (C=O) groups is 1. The molecule has 1 saturated heterocycles. The number of aromatic nitrogens is 1. The molecule has 0 saturated carbocycles. The molecule has 1 aliphatic heterocycles. The second-order valence-corrected chi connectivity index (χ2v) is 5.17. The van der Waals surface area contributed by atoms with E-state index in [1.807, 2.05) is 6.07 Å². The van der Waals surface area contributed by atoms with Crippen LogP contribution in [-0.4, -0.2) is 42.0 Å². The molecule has 1 aromatic rings. The zero-order valence-corrected chi connectivity index (χ0v) is 11.4. The highest BCUT2D eigenvalue weighted by Crippen LogP contribution is 2.15. The van der Waals surface area contributed by atoms with E-state index in [0.29, 0.717) is 18.3 Å². The second-order valence-electron chi connectivity index (χ2n) is 4.32. The van der Waals surface area contributed by atoms with Crippen molar-refractivity contribution in [1.82, 2.24) is 15.2 Å². The fourth-order valence-corrected chi connectivity index (χ4v) is 2.52. The zero-order chi connectivity index (χ0) is 12.3. The Kier molecular flexibility index (Phi) is 4.12. The average molecular weight is 298 g/mol. The van der Waals surface area contributed by atoms with Gasteiger partial charge in [0.05, 0.1) is 0 Å². The Morgan fingerprint density at radius 2 is 2.53 bits per heavy atom. The van der Waals surface area contributed by atoms with Gasteiger partial charge in [-0.1, -0.05) is 0 Å². The number of amides is 1. The number of hydrogen-bond acceptors (Lipinski definition) is 3. The minimum absolute atomic E-state index is 0.113. The van der Waals surface area contributed by atoms with Gasteiger partial charge in [-0.2, -0.15) is 0 Å². The molecule has 0 aliphatic carbocycles. The quantitative estimate of drug-likeness (QED) is 0.923. The van der Waals surface area contributed by atoms with Crippen LogP contribution in [-0.2, 0) is 0 Å². The summed E-state index contributed by atoms with van der Waals surface area (Å²) in [5.41, 5.74) is 0.452. The van der Waals surface area contributed by atoms with E-state index < -0.39 is 0 Å². The van der Waals surface area contributed by atoms with E-state index in [9.17, 15) is 4.79 Å². The van der Waals surface area contributed by atoms with Gasteiger partial charge in [0, 0.05) is 23.3 Å². The van der Waals surface area contributed by atoms with Crippen molar-refractivity contribution in [2.24, 2.45) is 0 Å². The van der Waals surface area contributed by atoms with Gasteiger partial charge in [-0.25, -0.2) is 4.98 Å². The molecule has 92 valence electrons. The third-order valence-electron chi connectivity index (χ3n) is 3.14. The molecule has 0 aromatic carbocycles. The molecule has 1 N–H and O–H groups in total. The van der Waals surface area contributed by atoms with Gasteiger partial charge in [0.2, 0.25) is 0 Å². The second kappa shape index (κ2) is 5.60. The lowest BCUT2D eigenvalue weighted by Crippen LogP contribution is -2.38. The summed E-state index contributed by atoms with van der Waals surface area (Å²) in [7, 11) is 2.10. The summed E-state index contributed by atoms with van der Waals surface area (Å²) in [5, 5.41) is 2.94. The monoisotopic (exact) mass is 297 g/mol. The van der Waals surface area contributed by atoms with Gasteiger partial charge in [-0.3, -0.25) is 4.79 Å². The number of halogens is 1. The van der Waals surface area contributed by atoms with E-state index in [2.05, 4.69) is 38.2 Å². The normalized spacial score (nSPS) is 20.5. The topological polar surface area (TPSA) is 45.2 Å². The molecule has 2 rings (SSSR count). The molecule has 1 fully saturated rings. The molecule has 4 nitrogen and oxygen atoms in total. The minimum atomic E-state index is -0.113. The fraction of sp³-hybridized carbons (Fsp3) is 0.500. The van der Waals surface area contributed by atoms with Crippen LogP contribution < -0.4 is 5.32 Å². The Labute approximate surface area is 110 Å². The molecular weight excluding hydrogens is 282 g/mol. The molecule has 1 amide bonds. The Bertz CT molecular complexity index is 410. The number of pyridine rings is 1. The van der Waals surface area contributed by atoms with Crippen molar-refractivity contribution in [2.75, 3.05) is 20.1 Å². The van der Waals surface area contributed by atoms with Crippen LogP contribution >= 0.6 is 15.9 Å². The van der Waals surface area contributed by atoms with Gasteiger partial charge in [0.1, 0.15) is 5.69 Å².